The summed E-state index contributed by atoms with van der Waals surface area (Å²) >= 11 is 1.62. The molecule has 1 aliphatic carbocycles. The van der Waals surface area contributed by atoms with Gasteiger partial charge in [0.1, 0.15) is 12.4 Å². The fourth-order valence-corrected chi connectivity index (χ4v) is 4.85. The number of nitrogens with zero attached hydrogens (tertiary/aromatic N) is 3. The van der Waals surface area contributed by atoms with Gasteiger partial charge in [-0.15, -0.1) is 11.3 Å². The van der Waals surface area contributed by atoms with Gasteiger partial charge in [0.2, 0.25) is 0 Å². The number of carbonyl (C=O) groups is 1. The van der Waals surface area contributed by atoms with Crippen molar-refractivity contribution in [2.24, 2.45) is 0 Å². The normalized spacial score (nSPS) is 17.9. The van der Waals surface area contributed by atoms with E-state index in [1.165, 1.54) is 12.8 Å². The molecular formula is C23H31N3O3S. The van der Waals surface area contributed by atoms with Crippen molar-refractivity contribution in [2.45, 2.75) is 45.3 Å². The molecule has 1 amide bonds. The number of hydrogen-bond acceptors (Lipinski definition) is 6. The zero-order valence-electron chi connectivity index (χ0n) is 17.7. The van der Waals surface area contributed by atoms with Gasteiger partial charge in [-0.3, -0.25) is 9.69 Å². The molecule has 0 atom stereocenters. The van der Waals surface area contributed by atoms with E-state index in [-0.39, 0.29) is 5.91 Å². The van der Waals surface area contributed by atoms with Crippen molar-refractivity contribution < 1.29 is 14.3 Å². The van der Waals surface area contributed by atoms with E-state index >= 15 is 0 Å². The molecule has 0 bridgehead atoms. The molecule has 0 spiro atoms. The van der Waals surface area contributed by atoms with Crippen LogP contribution in [0.3, 0.4) is 0 Å². The Kier molecular flexibility index (Phi) is 7.36. The van der Waals surface area contributed by atoms with Gasteiger partial charge in [-0.2, -0.15) is 0 Å². The van der Waals surface area contributed by atoms with E-state index in [4.69, 9.17) is 9.47 Å². The molecule has 2 aliphatic rings. The SMILES string of the molecule is Cc1nc(COc2cccc(C(=O)N(CCN3CCOCC3)C3CCCC3)c2)cs1. The molecule has 1 aromatic carbocycles. The fraction of sp³-hybridized carbons (Fsp3) is 0.565. The number of ether oxygens (including phenoxy) is 2. The second kappa shape index (κ2) is 10.4. The van der Waals surface area contributed by atoms with Crippen LogP contribution < -0.4 is 4.74 Å². The van der Waals surface area contributed by atoms with Crippen LogP contribution in [0.1, 0.15) is 46.7 Å². The molecule has 2 heterocycles. The maximum absolute atomic E-state index is 13.5. The standard InChI is InChI=1S/C23H31N3O3S/c1-18-24-20(17-30-18)16-29-22-8-4-5-19(15-22)23(27)26(21-6-2-3-7-21)10-9-25-11-13-28-14-12-25/h4-5,8,15,17,21H,2-3,6-7,9-14,16H2,1H3. The topological polar surface area (TPSA) is 54.9 Å². The number of hydrogen-bond donors (Lipinski definition) is 0. The van der Waals surface area contributed by atoms with Crippen LogP contribution in [0.15, 0.2) is 29.6 Å². The Hall–Kier alpha value is -1.96. The van der Waals surface area contributed by atoms with Crippen molar-refractivity contribution in [1.82, 2.24) is 14.8 Å². The number of aryl methyl sites for hydroxylation is 1. The zero-order valence-corrected chi connectivity index (χ0v) is 18.5. The third-order valence-corrected chi connectivity index (χ3v) is 6.74. The largest absolute Gasteiger partial charge is 0.487 e. The summed E-state index contributed by atoms with van der Waals surface area (Å²) in [5, 5.41) is 3.04. The van der Waals surface area contributed by atoms with Gasteiger partial charge in [0, 0.05) is 43.2 Å². The first-order valence-corrected chi connectivity index (χ1v) is 11.8. The third-order valence-electron chi connectivity index (χ3n) is 5.92. The lowest BCUT2D eigenvalue weighted by atomic mass is 10.1. The quantitative estimate of drug-likeness (QED) is 0.640. The van der Waals surface area contributed by atoms with Crippen molar-refractivity contribution in [2.75, 3.05) is 39.4 Å². The van der Waals surface area contributed by atoms with E-state index in [0.717, 1.165) is 62.9 Å². The van der Waals surface area contributed by atoms with E-state index < -0.39 is 0 Å². The molecule has 1 saturated heterocycles. The lowest BCUT2D eigenvalue weighted by Crippen LogP contribution is -2.46. The third kappa shape index (κ3) is 5.59. The average molecular weight is 430 g/mol. The molecular weight excluding hydrogens is 398 g/mol. The number of morpholine rings is 1. The molecule has 6 nitrogen and oxygen atoms in total. The summed E-state index contributed by atoms with van der Waals surface area (Å²) in [6.45, 7) is 7.56. The smallest absolute Gasteiger partial charge is 0.254 e. The van der Waals surface area contributed by atoms with Crippen LogP contribution in [0.2, 0.25) is 0 Å². The minimum atomic E-state index is 0.116. The molecule has 0 unspecified atom stereocenters. The second-order valence-electron chi connectivity index (χ2n) is 8.07. The monoisotopic (exact) mass is 429 g/mol. The van der Waals surface area contributed by atoms with E-state index in [1.54, 1.807) is 11.3 Å². The second-order valence-corrected chi connectivity index (χ2v) is 9.13. The van der Waals surface area contributed by atoms with Gasteiger partial charge in [-0.25, -0.2) is 4.98 Å². The van der Waals surface area contributed by atoms with Crippen LogP contribution in [0.5, 0.6) is 5.75 Å². The Labute approximate surface area is 182 Å². The molecule has 1 aliphatic heterocycles. The van der Waals surface area contributed by atoms with Gasteiger partial charge >= 0.3 is 0 Å². The number of rotatable bonds is 8. The lowest BCUT2D eigenvalue weighted by molar-refractivity contribution is 0.0297. The number of aromatic nitrogens is 1. The Bertz CT molecular complexity index is 829. The van der Waals surface area contributed by atoms with Gasteiger partial charge in [0.25, 0.3) is 5.91 Å². The number of carbonyl (C=O) groups excluding carboxylic acids is 1. The number of thiazole rings is 1. The van der Waals surface area contributed by atoms with Crippen molar-refractivity contribution in [3.05, 3.63) is 45.9 Å². The number of amides is 1. The van der Waals surface area contributed by atoms with Crippen LogP contribution in [0.25, 0.3) is 0 Å². The van der Waals surface area contributed by atoms with Crippen LogP contribution >= 0.6 is 11.3 Å². The van der Waals surface area contributed by atoms with Crippen molar-refractivity contribution >= 4 is 17.2 Å². The molecule has 2 aromatic rings. The molecule has 0 N–H and O–H groups in total. The van der Waals surface area contributed by atoms with Crippen LogP contribution in [0.4, 0.5) is 0 Å². The van der Waals surface area contributed by atoms with Crippen LogP contribution in [-0.2, 0) is 11.3 Å². The summed E-state index contributed by atoms with van der Waals surface area (Å²) in [6.07, 6.45) is 4.63. The molecule has 30 heavy (non-hydrogen) atoms. The predicted octanol–water partition coefficient (Wildman–Crippen LogP) is 3.75. The Morgan fingerprint density at radius 3 is 2.83 bits per heavy atom. The zero-order chi connectivity index (χ0) is 20.8. The van der Waals surface area contributed by atoms with Crippen LogP contribution in [-0.4, -0.2) is 66.1 Å². The van der Waals surface area contributed by atoms with Crippen molar-refractivity contribution in [3.8, 4) is 5.75 Å². The van der Waals surface area contributed by atoms with Crippen molar-refractivity contribution in [1.29, 1.82) is 0 Å². The van der Waals surface area contributed by atoms with Crippen molar-refractivity contribution in [3.63, 3.8) is 0 Å². The first kappa shape index (κ1) is 21.3. The lowest BCUT2D eigenvalue weighted by Gasteiger charge is -2.33. The highest BCUT2D eigenvalue weighted by atomic mass is 32.1. The Morgan fingerprint density at radius 1 is 1.30 bits per heavy atom. The fourth-order valence-electron chi connectivity index (χ4n) is 4.26. The molecule has 162 valence electrons. The van der Waals surface area contributed by atoms with E-state index in [0.29, 0.717) is 24.0 Å². The average Bonchev–Trinajstić information content (AvgIpc) is 3.45. The highest BCUT2D eigenvalue weighted by Gasteiger charge is 2.28. The van der Waals surface area contributed by atoms with Gasteiger partial charge in [0.05, 0.1) is 23.9 Å². The molecule has 2 fully saturated rings. The summed E-state index contributed by atoms with van der Waals surface area (Å²) in [4.78, 5) is 22.4. The van der Waals surface area contributed by atoms with E-state index in [2.05, 4.69) is 14.8 Å². The highest BCUT2D eigenvalue weighted by Crippen LogP contribution is 2.26. The van der Waals surface area contributed by atoms with Crippen LogP contribution in [0, 0.1) is 6.92 Å². The maximum atomic E-state index is 13.5. The molecule has 4 rings (SSSR count). The minimum Gasteiger partial charge on any atom is -0.487 e. The van der Waals surface area contributed by atoms with Gasteiger partial charge in [0.15, 0.2) is 0 Å². The summed E-state index contributed by atoms with van der Waals surface area (Å²) in [5.41, 5.74) is 1.63. The van der Waals surface area contributed by atoms with Gasteiger partial charge in [-0.1, -0.05) is 18.9 Å². The van der Waals surface area contributed by atoms with Gasteiger partial charge < -0.3 is 14.4 Å². The summed E-state index contributed by atoms with van der Waals surface area (Å²) in [7, 11) is 0. The molecule has 1 aromatic heterocycles. The van der Waals surface area contributed by atoms with Gasteiger partial charge in [-0.05, 0) is 38.0 Å². The Balaban J connectivity index is 1.41. The summed E-state index contributed by atoms with van der Waals surface area (Å²) < 4.78 is 11.4. The highest BCUT2D eigenvalue weighted by molar-refractivity contribution is 7.09. The minimum absolute atomic E-state index is 0.116. The van der Waals surface area contributed by atoms with E-state index in [1.807, 2.05) is 36.6 Å². The Morgan fingerprint density at radius 2 is 2.10 bits per heavy atom. The first-order valence-electron chi connectivity index (χ1n) is 10.9. The first-order chi connectivity index (χ1) is 14.7. The summed E-state index contributed by atoms with van der Waals surface area (Å²) in [6, 6.07) is 7.94. The predicted molar refractivity (Wildman–Crippen MR) is 118 cm³/mol. The summed E-state index contributed by atoms with van der Waals surface area (Å²) in [5.74, 6) is 0.830. The maximum Gasteiger partial charge on any atom is 0.254 e. The van der Waals surface area contributed by atoms with E-state index in [9.17, 15) is 4.79 Å². The molecule has 1 saturated carbocycles. The molecule has 0 radical (unpaired) electrons. The molecule has 7 heteroatoms. The number of benzene rings is 1.